The number of nitro groups is 1. The molecule has 1 N–H and O–H groups in total. The van der Waals surface area contributed by atoms with Gasteiger partial charge in [-0.25, -0.2) is 0 Å². The largest absolute Gasteiger partial charge is 0.490 e. The predicted octanol–water partition coefficient (Wildman–Crippen LogP) is 5.08. The van der Waals surface area contributed by atoms with Crippen LogP contribution in [0.3, 0.4) is 0 Å². The molecule has 0 radical (unpaired) electrons. The Hall–Kier alpha value is -4.48. The highest BCUT2D eigenvalue weighted by atomic mass is 19.3. The number of nitrogens with one attached hydrogen (secondary N) is 1. The first kappa shape index (κ1) is 25.1. The Bertz CT molecular complexity index is 1230. The normalized spacial score (nSPS) is 11.0. The van der Waals surface area contributed by atoms with Crippen LogP contribution in [0.15, 0.2) is 47.0 Å². The highest BCUT2D eigenvalue weighted by Gasteiger charge is 2.22. The fraction of sp³-hybridized carbons (Fsp3) is 0.217. The van der Waals surface area contributed by atoms with Crippen molar-refractivity contribution in [2.75, 3.05) is 18.5 Å². The van der Waals surface area contributed by atoms with Crippen LogP contribution in [0.5, 0.6) is 17.2 Å². The predicted molar refractivity (Wildman–Crippen MR) is 122 cm³/mol. The molecule has 0 aliphatic rings. The van der Waals surface area contributed by atoms with Crippen LogP contribution in [0, 0.1) is 17.0 Å². The second kappa shape index (κ2) is 11.6. The molecule has 1 amide bonds. The van der Waals surface area contributed by atoms with Gasteiger partial charge in [-0.3, -0.25) is 14.9 Å². The van der Waals surface area contributed by atoms with E-state index < -0.39 is 24.0 Å². The molecule has 0 aliphatic heterocycles. The summed E-state index contributed by atoms with van der Waals surface area (Å²) < 4.78 is 45.6. The summed E-state index contributed by atoms with van der Waals surface area (Å²) in [5.41, 5.74) is 0.628. The molecule has 0 saturated carbocycles. The van der Waals surface area contributed by atoms with Crippen LogP contribution in [0.2, 0.25) is 0 Å². The van der Waals surface area contributed by atoms with E-state index in [1.807, 2.05) is 0 Å². The lowest BCUT2D eigenvalue weighted by atomic mass is 10.1. The summed E-state index contributed by atoms with van der Waals surface area (Å²) in [5.74, 6) is -0.192. The highest BCUT2D eigenvalue weighted by molar-refractivity contribution is 5.93. The maximum atomic E-state index is 12.5. The van der Waals surface area contributed by atoms with Gasteiger partial charge >= 0.3 is 12.3 Å². The third-order valence-corrected chi connectivity index (χ3v) is 4.47. The summed E-state index contributed by atoms with van der Waals surface area (Å²) in [6, 6.07) is 10.6. The molecular weight excluding hydrogens is 468 g/mol. The molecule has 10 nitrogen and oxygen atoms in total. The van der Waals surface area contributed by atoms with Gasteiger partial charge in [0.15, 0.2) is 23.8 Å². The number of halogens is 2. The number of para-hydroxylation sites is 2. The lowest BCUT2D eigenvalue weighted by Crippen LogP contribution is -2.21. The lowest BCUT2D eigenvalue weighted by Gasteiger charge is -2.14. The zero-order valence-corrected chi connectivity index (χ0v) is 18.7. The number of aromatic nitrogens is 1. The average Bonchev–Trinajstić information content (AvgIpc) is 3.19. The van der Waals surface area contributed by atoms with Gasteiger partial charge in [0.05, 0.1) is 17.2 Å². The number of ether oxygens (including phenoxy) is 3. The highest BCUT2D eigenvalue weighted by Crippen LogP contribution is 2.31. The number of benzene rings is 2. The van der Waals surface area contributed by atoms with Crippen LogP contribution in [0.1, 0.15) is 23.9 Å². The number of aryl methyl sites for hydroxylation is 1. The Morgan fingerprint density at radius 1 is 1.17 bits per heavy atom. The number of hydrogen-bond donors (Lipinski definition) is 1. The molecule has 0 saturated heterocycles. The first-order chi connectivity index (χ1) is 16.8. The molecule has 184 valence electrons. The second-order valence-corrected chi connectivity index (χ2v) is 6.92. The van der Waals surface area contributed by atoms with Crippen LogP contribution in [0.25, 0.3) is 12.2 Å². The fourth-order valence-electron chi connectivity index (χ4n) is 3.00. The molecular formula is C23H21F2N3O7. The number of hydrogen-bond acceptors (Lipinski definition) is 8. The molecule has 0 fully saturated rings. The maximum absolute atomic E-state index is 12.5. The quantitative estimate of drug-likeness (QED) is 0.292. The Morgan fingerprint density at radius 3 is 2.66 bits per heavy atom. The van der Waals surface area contributed by atoms with Crippen molar-refractivity contribution in [3.8, 4) is 17.2 Å². The molecule has 12 heteroatoms. The monoisotopic (exact) mass is 489 g/mol. The zero-order chi connectivity index (χ0) is 25.4. The Balaban J connectivity index is 1.70. The van der Waals surface area contributed by atoms with E-state index in [1.165, 1.54) is 31.2 Å². The SMILES string of the molecule is CCOc1cc(/C=C/c2onc(C)c2[N+](=O)[O-])ccc1OCC(=O)Nc1ccccc1OC(F)F. The van der Waals surface area contributed by atoms with Crippen LogP contribution >= 0.6 is 0 Å². The number of rotatable bonds is 11. The van der Waals surface area contributed by atoms with Gasteiger partial charge in [-0.05, 0) is 49.8 Å². The van der Waals surface area contributed by atoms with Gasteiger partial charge in [0, 0.05) is 0 Å². The van der Waals surface area contributed by atoms with Crippen molar-refractivity contribution in [2.24, 2.45) is 0 Å². The zero-order valence-electron chi connectivity index (χ0n) is 18.7. The van der Waals surface area contributed by atoms with Crippen molar-refractivity contribution < 1.29 is 37.2 Å². The van der Waals surface area contributed by atoms with Gasteiger partial charge in [0.25, 0.3) is 5.91 Å². The van der Waals surface area contributed by atoms with E-state index in [0.29, 0.717) is 17.9 Å². The van der Waals surface area contributed by atoms with Gasteiger partial charge in [0.1, 0.15) is 5.75 Å². The number of carbonyl (C=O) groups excluding carboxylic acids is 1. The molecule has 3 rings (SSSR count). The standard InChI is InChI=1S/C23H21F2N3O7/c1-3-32-20-12-15(9-11-19-22(28(30)31)14(2)27-35-19)8-10-18(20)33-13-21(29)26-16-6-4-5-7-17(16)34-23(24)25/h4-12,23H,3,13H2,1-2H3,(H,26,29)/b11-9+. The average molecular weight is 489 g/mol. The molecule has 0 spiro atoms. The second-order valence-electron chi connectivity index (χ2n) is 6.92. The molecule has 1 aromatic heterocycles. The number of nitrogens with zero attached hydrogens (tertiary/aromatic N) is 2. The van der Waals surface area contributed by atoms with E-state index in [0.717, 1.165) is 0 Å². The van der Waals surface area contributed by atoms with Gasteiger partial charge in [-0.1, -0.05) is 29.4 Å². The third-order valence-electron chi connectivity index (χ3n) is 4.47. The molecule has 0 aliphatic carbocycles. The summed E-state index contributed by atoms with van der Waals surface area (Å²) in [6.07, 6.45) is 2.99. The molecule has 3 aromatic rings. The smallest absolute Gasteiger partial charge is 0.387 e. The van der Waals surface area contributed by atoms with Crippen molar-refractivity contribution in [2.45, 2.75) is 20.5 Å². The Morgan fingerprint density at radius 2 is 1.94 bits per heavy atom. The maximum Gasteiger partial charge on any atom is 0.387 e. The van der Waals surface area contributed by atoms with Crippen LogP contribution in [-0.2, 0) is 4.79 Å². The van der Waals surface area contributed by atoms with Crippen LogP contribution in [0.4, 0.5) is 20.2 Å². The van der Waals surface area contributed by atoms with E-state index in [-0.39, 0.29) is 34.3 Å². The molecule has 0 unspecified atom stereocenters. The first-order valence-corrected chi connectivity index (χ1v) is 10.3. The Labute approximate surface area is 198 Å². The van der Waals surface area contributed by atoms with Crippen LogP contribution < -0.4 is 19.5 Å². The van der Waals surface area contributed by atoms with Gasteiger partial charge in [0.2, 0.25) is 5.76 Å². The summed E-state index contributed by atoms with van der Waals surface area (Å²) in [4.78, 5) is 22.9. The lowest BCUT2D eigenvalue weighted by molar-refractivity contribution is -0.386. The van der Waals surface area contributed by atoms with Crippen LogP contribution in [-0.4, -0.2) is 35.8 Å². The number of alkyl halides is 2. The summed E-state index contributed by atoms with van der Waals surface area (Å²) in [6.45, 7) is 0.0750. The van der Waals surface area contributed by atoms with E-state index in [4.69, 9.17) is 14.0 Å². The van der Waals surface area contributed by atoms with Crippen molar-refractivity contribution >= 4 is 29.4 Å². The van der Waals surface area contributed by atoms with E-state index >= 15 is 0 Å². The topological polar surface area (TPSA) is 126 Å². The molecule has 1 heterocycles. The minimum atomic E-state index is -3.04. The summed E-state index contributed by atoms with van der Waals surface area (Å²) in [5, 5.41) is 17.2. The van der Waals surface area contributed by atoms with Crippen molar-refractivity contribution in [1.29, 1.82) is 0 Å². The number of amides is 1. The molecule has 0 bridgehead atoms. The third kappa shape index (κ3) is 6.76. The molecule has 0 atom stereocenters. The van der Waals surface area contributed by atoms with Crippen molar-refractivity contribution in [1.82, 2.24) is 5.16 Å². The van der Waals surface area contributed by atoms with Gasteiger partial charge in [-0.15, -0.1) is 0 Å². The number of anilines is 1. The molecule has 35 heavy (non-hydrogen) atoms. The summed E-state index contributed by atoms with van der Waals surface area (Å²) in [7, 11) is 0. The van der Waals surface area contributed by atoms with E-state index in [2.05, 4.69) is 15.2 Å². The van der Waals surface area contributed by atoms with Gasteiger partial charge in [-0.2, -0.15) is 8.78 Å². The fourth-order valence-corrected chi connectivity index (χ4v) is 3.00. The van der Waals surface area contributed by atoms with Gasteiger partial charge < -0.3 is 24.1 Å². The minimum absolute atomic E-state index is 0.00133. The molecule has 2 aromatic carbocycles. The van der Waals surface area contributed by atoms with E-state index in [9.17, 15) is 23.7 Å². The van der Waals surface area contributed by atoms with E-state index in [1.54, 1.807) is 37.3 Å². The number of carbonyl (C=O) groups is 1. The van der Waals surface area contributed by atoms with Crippen molar-refractivity contribution in [3.63, 3.8) is 0 Å². The summed E-state index contributed by atoms with van der Waals surface area (Å²) >= 11 is 0. The van der Waals surface area contributed by atoms with Crippen molar-refractivity contribution in [3.05, 3.63) is 69.6 Å². The minimum Gasteiger partial charge on any atom is -0.490 e. The Kier molecular flexibility index (Phi) is 8.33. The first-order valence-electron chi connectivity index (χ1n) is 10.3.